The van der Waals surface area contributed by atoms with Gasteiger partial charge in [-0.15, -0.1) is 0 Å². The van der Waals surface area contributed by atoms with E-state index in [1.165, 1.54) is 42.6 Å². The molecule has 1 aliphatic carbocycles. The van der Waals surface area contributed by atoms with Crippen LogP contribution in [0.5, 0.6) is 5.75 Å². The Labute approximate surface area is 121 Å². The van der Waals surface area contributed by atoms with E-state index in [1.807, 2.05) is 7.05 Å². The van der Waals surface area contributed by atoms with E-state index in [4.69, 9.17) is 4.74 Å². The summed E-state index contributed by atoms with van der Waals surface area (Å²) < 4.78 is 5.47. The highest BCUT2D eigenvalue weighted by Crippen LogP contribution is 2.31. The number of hydrogen-bond acceptors (Lipinski definition) is 3. The Morgan fingerprint density at radius 2 is 2.11 bits per heavy atom. The summed E-state index contributed by atoms with van der Waals surface area (Å²) in [5.41, 5.74) is 2.66. The highest BCUT2D eigenvalue weighted by atomic mass is 32.2. The summed E-state index contributed by atoms with van der Waals surface area (Å²) in [4.78, 5) is 0. The van der Waals surface area contributed by atoms with Crippen molar-refractivity contribution in [3.05, 3.63) is 29.3 Å². The van der Waals surface area contributed by atoms with Crippen LogP contribution < -0.4 is 10.1 Å². The summed E-state index contributed by atoms with van der Waals surface area (Å²) in [7, 11) is 3.75. The van der Waals surface area contributed by atoms with Crippen LogP contribution in [0.2, 0.25) is 0 Å². The van der Waals surface area contributed by atoms with E-state index in [0.29, 0.717) is 0 Å². The number of thioether (sulfide) groups is 1. The molecule has 0 spiro atoms. The van der Waals surface area contributed by atoms with Crippen LogP contribution in [-0.2, 0) is 12.3 Å². The minimum Gasteiger partial charge on any atom is -0.496 e. The van der Waals surface area contributed by atoms with Crippen molar-refractivity contribution in [2.75, 3.05) is 19.9 Å². The molecule has 0 aliphatic heterocycles. The number of hydrogen-bond donors (Lipinski definition) is 1. The third kappa shape index (κ3) is 4.43. The Hall–Kier alpha value is -0.670. The molecule has 0 saturated heterocycles. The molecule has 1 aromatic carbocycles. The highest BCUT2D eigenvalue weighted by molar-refractivity contribution is 7.98. The Kier molecular flexibility index (Phi) is 6.05. The summed E-state index contributed by atoms with van der Waals surface area (Å²) in [6, 6.07) is 6.51. The van der Waals surface area contributed by atoms with Crippen molar-refractivity contribution < 1.29 is 4.74 Å². The molecule has 106 valence electrons. The second-order valence-electron chi connectivity index (χ2n) is 5.34. The molecule has 0 radical (unpaired) electrons. The first-order valence-electron chi connectivity index (χ1n) is 7.21. The van der Waals surface area contributed by atoms with Crippen molar-refractivity contribution in [3.63, 3.8) is 0 Å². The van der Waals surface area contributed by atoms with Gasteiger partial charge < -0.3 is 10.1 Å². The van der Waals surface area contributed by atoms with E-state index in [1.54, 1.807) is 7.11 Å². The van der Waals surface area contributed by atoms with Crippen LogP contribution >= 0.6 is 11.8 Å². The number of ether oxygens (including phenoxy) is 1. The lowest BCUT2D eigenvalue weighted by Crippen LogP contribution is -2.05. The third-order valence-electron chi connectivity index (χ3n) is 3.81. The fourth-order valence-electron chi connectivity index (χ4n) is 2.77. The van der Waals surface area contributed by atoms with Crippen LogP contribution in [0.3, 0.4) is 0 Å². The van der Waals surface area contributed by atoms with Gasteiger partial charge >= 0.3 is 0 Å². The van der Waals surface area contributed by atoms with Gasteiger partial charge in [0, 0.05) is 17.9 Å². The maximum Gasteiger partial charge on any atom is 0.122 e. The molecule has 1 fully saturated rings. The number of methoxy groups -OCH3 is 1. The zero-order valence-electron chi connectivity index (χ0n) is 12.1. The monoisotopic (exact) mass is 279 g/mol. The van der Waals surface area contributed by atoms with Crippen molar-refractivity contribution in [2.45, 2.75) is 38.0 Å². The predicted octanol–water partition coefficient (Wildman–Crippen LogP) is 3.84. The molecule has 0 amide bonds. The summed E-state index contributed by atoms with van der Waals surface area (Å²) in [6.07, 6.45) is 5.74. The molecule has 1 saturated carbocycles. The number of nitrogens with one attached hydrogen (secondary N) is 1. The molecular weight excluding hydrogens is 254 g/mol. The standard InChI is InChI=1S/C16H25NOS/c1-17-10-14-7-8-16(18-2)15(9-14)12-19-11-13-5-3-4-6-13/h7-9,13,17H,3-6,10-12H2,1-2H3. The minimum absolute atomic E-state index is 0.921. The van der Waals surface area contributed by atoms with Gasteiger partial charge in [-0.3, -0.25) is 0 Å². The molecule has 1 aromatic rings. The largest absolute Gasteiger partial charge is 0.496 e. The zero-order valence-corrected chi connectivity index (χ0v) is 12.9. The van der Waals surface area contributed by atoms with Crippen LogP contribution in [0.25, 0.3) is 0 Å². The molecule has 0 heterocycles. The van der Waals surface area contributed by atoms with Crippen LogP contribution in [0.4, 0.5) is 0 Å². The lowest BCUT2D eigenvalue weighted by atomic mass is 10.1. The Morgan fingerprint density at radius 1 is 1.32 bits per heavy atom. The average Bonchev–Trinajstić information content (AvgIpc) is 2.93. The second-order valence-corrected chi connectivity index (χ2v) is 6.37. The zero-order chi connectivity index (χ0) is 13.5. The van der Waals surface area contributed by atoms with Crippen molar-refractivity contribution in [1.82, 2.24) is 5.32 Å². The van der Waals surface area contributed by atoms with Gasteiger partial charge in [-0.25, -0.2) is 0 Å². The van der Waals surface area contributed by atoms with Crippen LogP contribution in [0.1, 0.15) is 36.8 Å². The van der Waals surface area contributed by atoms with E-state index in [9.17, 15) is 0 Å². The first-order valence-corrected chi connectivity index (χ1v) is 8.37. The SMILES string of the molecule is CNCc1ccc(OC)c(CSCC2CCCC2)c1. The Bertz CT molecular complexity index is 388. The van der Waals surface area contributed by atoms with Crippen LogP contribution in [0, 0.1) is 5.92 Å². The molecule has 1 aliphatic rings. The van der Waals surface area contributed by atoms with E-state index < -0.39 is 0 Å². The Balaban J connectivity index is 1.90. The van der Waals surface area contributed by atoms with Crippen molar-refractivity contribution in [2.24, 2.45) is 5.92 Å². The molecular formula is C16H25NOS. The van der Waals surface area contributed by atoms with Gasteiger partial charge in [0.15, 0.2) is 0 Å². The van der Waals surface area contributed by atoms with E-state index in [-0.39, 0.29) is 0 Å². The van der Waals surface area contributed by atoms with E-state index in [0.717, 1.165) is 24.0 Å². The molecule has 2 nitrogen and oxygen atoms in total. The smallest absolute Gasteiger partial charge is 0.122 e. The third-order valence-corrected chi connectivity index (χ3v) is 5.03. The molecule has 1 N–H and O–H groups in total. The van der Waals surface area contributed by atoms with Crippen LogP contribution in [0.15, 0.2) is 18.2 Å². The molecule has 19 heavy (non-hydrogen) atoms. The molecule has 0 atom stereocenters. The fraction of sp³-hybridized carbons (Fsp3) is 0.625. The van der Waals surface area contributed by atoms with Gasteiger partial charge in [-0.2, -0.15) is 11.8 Å². The lowest BCUT2D eigenvalue weighted by molar-refractivity contribution is 0.411. The Morgan fingerprint density at radius 3 is 2.79 bits per heavy atom. The quantitative estimate of drug-likeness (QED) is 0.819. The van der Waals surface area contributed by atoms with Crippen LogP contribution in [-0.4, -0.2) is 19.9 Å². The maximum atomic E-state index is 5.47. The highest BCUT2D eigenvalue weighted by Gasteiger charge is 2.15. The lowest BCUT2D eigenvalue weighted by Gasteiger charge is -2.12. The molecule has 0 bridgehead atoms. The summed E-state index contributed by atoms with van der Waals surface area (Å²) >= 11 is 2.06. The number of benzene rings is 1. The maximum absolute atomic E-state index is 5.47. The van der Waals surface area contributed by atoms with Gasteiger partial charge in [0.1, 0.15) is 5.75 Å². The predicted molar refractivity (Wildman–Crippen MR) is 83.9 cm³/mol. The van der Waals surface area contributed by atoms with Gasteiger partial charge in [0.25, 0.3) is 0 Å². The number of rotatable bonds is 7. The average molecular weight is 279 g/mol. The van der Waals surface area contributed by atoms with Crippen molar-refractivity contribution in [3.8, 4) is 5.75 Å². The first-order chi connectivity index (χ1) is 9.33. The first kappa shape index (κ1) is 14.7. The van der Waals surface area contributed by atoms with Gasteiger partial charge in [-0.1, -0.05) is 18.9 Å². The van der Waals surface area contributed by atoms with Crippen molar-refractivity contribution >= 4 is 11.8 Å². The summed E-state index contributed by atoms with van der Waals surface area (Å²) in [6.45, 7) is 0.921. The van der Waals surface area contributed by atoms with Gasteiger partial charge in [-0.05, 0) is 49.3 Å². The van der Waals surface area contributed by atoms with Crippen molar-refractivity contribution in [1.29, 1.82) is 0 Å². The second kappa shape index (κ2) is 7.81. The topological polar surface area (TPSA) is 21.3 Å². The van der Waals surface area contributed by atoms with Gasteiger partial charge in [0.2, 0.25) is 0 Å². The molecule has 2 rings (SSSR count). The molecule has 3 heteroatoms. The molecule has 0 unspecified atom stereocenters. The molecule has 0 aromatic heterocycles. The summed E-state index contributed by atoms with van der Waals surface area (Å²) in [5, 5.41) is 3.20. The summed E-state index contributed by atoms with van der Waals surface area (Å²) in [5.74, 6) is 4.35. The minimum atomic E-state index is 0.921. The van der Waals surface area contributed by atoms with E-state index in [2.05, 4.69) is 35.3 Å². The van der Waals surface area contributed by atoms with Gasteiger partial charge in [0.05, 0.1) is 7.11 Å². The normalized spacial score (nSPS) is 15.9. The van der Waals surface area contributed by atoms with E-state index >= 15 is 0 Å². The fourth-order valence-corrected chi connectivity index (χ4v) is 4.00.